The number of hydrogen-bond acceptors (Lipinski definition) is 8. The summed E-state index contributed by atoms with van der Waals surface area (Å²) in [6, 6.07) is 22.5. The average molecular weight is 657 g/mol. The van der Waals surface area contributed by atoms with E-state index in [0.29, 0.717) is 39.0 Å². The van der Waals surface area contributed by atoms with Gasteiger partial charge in [-0.15, -0.1) is 0 Å². The molecule has 0 bridgehead atoms. The van der Waals surface area contributed by atoms with Gasteiger partial charge in [0.15, 0.2) is 11.5 Å². The third kappa shape index (κ3) is 8.36. The van der Waals surface area contributed by atoms with Crippen LogP contribution in [0.2, 0.25) is 0 Å². The molecule has 1 aliphatic carbocycles. The summed E-state index contributed by atoms with van der Waals surface area (Å²) in [5, 5.41) is 28.6. The van der Waals surface area contributed by atoms with Crippen molar-refractivity contribution in [2.24, 2.45) is 5.92 Å². The number of nitrogens with zero attached hydrogens (tertiary/aromatic N) is 2. The van der Waals surface area contributed by atoms with E-state index in [1.807, 2.05) is 93.6 Å². The van der Waals surface area contributed by atoms with E-state index in [0.717, 1.165) is 33.8 Å². The summed E-state index contributed by atoms with van der Waals surface area (Å²) in [5.74, 6) is 0.656. The zero-order valence-electron chi connectivity index (χ0n) is 28.1. The number of carbonyl (C=O) groups excluding carboxylic acids is 2. The smallest absolute Gasteiger partial charge is 0.239 e. The molecule has 3 aliphatic rings. The van der Waals surface area contributed by atoms with E-state index >= 15 is 0 Å². The first-order chi connectivity index (χ1) is 23.0. The normalized spacial score (nSPS) is 22.1. The maximum absolute atomic E-state index is 13.9. The van der Waals surface area contributed by atoms with Gasteiger partial charge in [-0.2, -0.15) is 0 Å². The van der Waals surface area contributed by atoms with Gasteiger partial charge in [0.05, 0.1) is 18.2 Å². The van der Waals surface area contributed by atoms with Crippen LogP contribution < -0.4 is 20.1 Å². The molecule has 4 N–H and O–H groups in total. The summed E-state index contributed by atoms with van der Waals surface area (Å²) < 4.78 is 11.0. The number of carbonyl (C=O) groups is 2. The van der Waals surface area contributed by atoms with Crippen molar-refractivity contribution < 1.29 is 29.3 Å². The van der Waals surface area contributed by atoms with Gasteiger partial charge in [0.1, 0.15) is 6.04 Å². The lowest BCUT2D eigenvalue weighted by Crippen LogP contribution is -2.61. The van der Waals surface area contributed by atoms with Crippen LogP contribution in [-0.4, -0.2) is 88.6 Å². The van der Waals surface area contributed by atoms with Crippen LogP contribution in [0.25, 0.3) is 0 Å². The molecule has 0 radical (unpaired) electrons. The Morgan fingerprint density at radius 2 is 1.71 bits per heavy atom. The molecule has 6 rings (SSSR count). The van der Waals surface area contributed by atoms with E-state index in [9.17, 15) is 19.8 Å². The number of benzene rings is 3. The lowest BCUT2D eigenvalue weighted by atomic mass is 9.91. The highest BCUT2D eigenvalue weighted by Gasteiger charge is 2.37. The molecule has 5 atom stereocenters. The Kier molecular flexibility index (Phi) is 10.4. The minimum atomic E-state index is -0.851. The zero-order valence-corrected chi connectivity index (χ0v) is 28.1. The Hall–Kier alpha value is -3.96. The predicted octanol–water partition coefficient (Wildman–Crippen LogP) is 3.20. The lowest BCUT2D eigenvalue weighted by molar-refractivity contribution is -0.132. The monoisotopic (exact) mass is 656 g/mol. The minimum absolute atomic E-state index is 0.0856. The fraction of sp³-hybridized carbons (Fsp3) is 0.474. The third-order valence-corrected chi connectivity index (χ3v) is 9.42. The van der Waals surface area contributed by atoms with Crippen LogP contribution in [0.5, 0.6) is 11.5 Å². The third-order valence-electron chi connectivity index (χ3n) is 9.42. The van der Waals surface area contributed by atoms with E-state index in [1.54, 1.807) is 0 Å². The highest BCUT2D eigenvalue weighted by Crippen LogP contribution is 2.34. The average Bonchev–Trinajstić information content (AvgIpc) is 3.64. The molecule has 48 heavy (non-hydrogen) atoms. The maximum atomic E-state index is 13.9. The summed E-state index contributed by atoms with van der Waals surface area (Å²) in [5.41, 5.74) is 3.63. The number of fused-ring (bicyclic) bond motifs is 2. The van der Waals surface area contributed by atoms with Gasteiger partial charge in [-0.1, -0.05) is 60.7 Å². The standard InChI is InChI=1S/C38H48N4O6/c1-38(2,3)40-37(46)31-23-41(21-26-13-14-33-34(18-26)48-24-47-33)15-16-42(31)22-29(43)19-28(17-25-9-5-4-6-10-25)36(45)39-35-30-12-8-7-11-27(30)20-32(35)44/h4-14,18,28-29,31-32,35,43-44H,15-17,19-24H2,1-3H3,(H,39,45)(H,40,46). The first-order valence-corrected chi connectivity index (χ1v) is 17.0. The number of piperazine rings is 1. The van der Waals surface area contributed by atoms with Gasteiger partial charge < -0.3 is 30.3 Å². The van der Waals surface area contributed by atoms with Crippen molar-refractivity contribution in [1.82, 2.24) is 20.4 Å². The molecule has 0 saturated carbocycles. The quantitative estimate of drug-likeness (QED) is 0.248. The molecule has 256 valence electrons. The summed E-state index contributed by atoms with van der Waals surface area (Å²) in [7, 11) is 0. The van der Waals surface area contributed by atoms with Crippen molar-refractivity contribution in [2.75, 3.05) is 33.0 Å². The molecule has 10 nitrogen and oxygen atoms in total. The number of nitrogens with one attached hydrogen (secondary N) is 2. The molecule has 10 heteroatoms. The van der Waals surface area contributed by atoms with Gasteiger partial charge in [0.25, 0.3) is 0 Å². The Bertz CT molecular complexity index is 1580. The molecular weight excluding hydrogens is 608 g/mol. The van der Waals surface area contributed by atoms with Crippen molar-refractivity contribution >= 4 is 11.8 Å². The van der Waals surface area contributed by atoms with Crippen LogP contribution in [-0.2, 0) is 29.0 Å². The van der Waals surface area contributed by atoms with Gasteiger partial charge in [0.2, 0.25) is 18.6 Å². The summed E-state index contributed by atoms with van der Waals surface area (Å²) >= 11 is 0. The van der Waals surface area contributed by atoms with Gasteiger partial charge in [-0.3, -0.25) is 19.4 Å². The molecule has 1 fully saturated rings. The van der Waals surface area contributed by atoms with E-state index in [2.05, 4.69) is 20.4 Å². The van der Waals surface area contributed by atoms with Crippen LogP contribution >= 0.6 is 0 Å². The summed E-state index contributed by atoms with van der Waals surface area (Å²) in [6.45, 7) is 8.82. The second-order valence-electron chi connectivity index (χ2n) is 14.4. The largest absolute Gasteiger partial charge is 0.454 e. The molecule has 2 amide bonds. The fourth-order valence-electron chi connectivity index (χ4n) is 7.11. The van der Waals surface area contributed by atoms with Crippen molar-refractivity contribution in [1.29, 1.82) is 0 Å². The number of hydrogen-bond donors (Lipinski definition) is 4. The zero-order chi connectivity index (χ0) is 33.8. The SMILES string of the molecule is CC(C)(C)NC(=O)C1CN(Cc2ccc3c(c2)OCO3)CCN1CC(O)CC(Cc1ccccc1)C(=O)NC1c2ccccc2CC1O. The first-order valence-electron chi connectivity index (χ1n) is 17.0. The van der Waals surface area contributed by atoms with E-state index in [1.165, 1.54) is 0 Å². The molecular formula is C38H48N4O6. The minimum Gasteiger partial charge on any atom is -0.454 e. The molecule has 0 aromatic heterocycles. The highest BCUT2D eigenvalue weighted by molar-refractivity contribution is 5.83. The molecule has 1 saturated heterocycles. The molecule has 3 aromatic carbocycles. The highest BCUT2D eigenvalue weighted by atomic mass is 16.7. The van der Waals surface area contributed by atoms with Gasteiger partial charge >= 0.3 is 0 Å². The van der Waals surface area contributed by atoms with Crippen LogP contribution in [0.4, 0.5) is 0 Å². The van der Waals surface area contributed by atoms with Crippen LogP contribution in [0, 0.1) is 5.92 Å². The second kappa shape index (κ2) is 14.7. The Morgan fingerprint density at radius 1 is 0.958 bits per heavy atom. The number of rotatable bonds is 11. The maximum Gasteiger partial charge on any atom is 0.239 e. The van der Waals surface area contributed by atoms with Gasteiger partial charge in [-0.05, 0) is 68.0 Å². The Labute approximate surface area is 283 Å². The lowest BCUT2D eigenvalue weighted by Gasteiger charge is -2.42. The van der Waals surface area contributed by atoms with Crippen LogP contribution in [0.3, 0.4) is 0 Å². The van der Waals surface area contributed by atoms with Crippen LogP contribution in [0.15, 0.2) is 72.8 Å². The molecule has 3 aromatic rings. The topological polar surface area (TPSA) is 124 Å². The first kappa shape index (κ1) is 33.9. The van der Waals surface area contributed by atoms with E-state index in [4.69, 9.17) is 9.47 Å². The number of aliphatic hydroxyl groups is 2. The van der Waals surface area contributed by atoms with Gasteiger partial charge in [0, 0.05) is 50.6 Å². The predicted molar refractivity (Wildman–Crippen MR) is 182 cm³/mol. The molecule has 0 spiro atoms. The number of aliphatic hydroxyl groups excluding tert-OH is 2. The molecule has 2 aliphatic heterocycles. The summed E-state index contributed by atoms with van der Waals surface area (Å²) in [4.78, 5) is 31.8. The Balaban J connectivity index is 1.14. The van der Waals surface area contributed by atoms with Crippen molar-refractivity contribution in [3.63, 3.8) is 0 Å². The molecule has 2 heterocycles. The van der Waals surface area contributed by atoms with Crippen LogP contribution in [0.1, 0.15) is 55.5 Å². The second-order valence-corrected chi connectivity index (χ2v) is 14.4. The Morgan fingerprint density at radius 3 is 2.50 bits per heavy atom. The van der Waals surface area contributed by atoms with Crippen molar-refractivity contribution in [3.05, 3.63) is 95.1 Å². The summed E-state index contributed by atoms with van der Waals surface area (Å²) in [6.07, 6.45) is -0.395. The van der Waals surface area contributed by atoms with Crippen molar-refractivity contribution in [2.45, 2.75) is 76.4 Å². The molecule has 5 unspecified atom stereocenters. The van der Waals surface area contributed by atoms with E-state index in [-0.39, 0.29) is 31.6 Å². The fourth-order valence-corrected chi connectivity index (χ4v) is 7.11. The van der Waals surface area contributed by atoms with Gasteiger partial charge in [-0.25, -0.2) is 0 Å². The van der Waals surface area contributed by atoms with Crippen molar-refractivity contribution in [3.8, 4) is 11.5 Å². The number of amides is 2. The number of ether oxygens (including phenoxy) is 2. The van der Waals surface area contributed by atoms with E-state index < -0.39 is 35.7 Å². The number of β-amino-alcohol motifs (C(OH)–C–C–N with tert-alkyl or cyclic N) is 1.